The van der Waals surface area contributed by atoms with Crippen molar-refractivity contribution < 1.29 is 9.47 Å². The Labute approximate surface area is 191 Å². The predicted molar refractivity (Wildman–Crippen MR) is 131 cm³/mol. The van der Waals surface area contributed by atoms with Crippen LogP contribution in [0, 0.1) is 28.1 Å². The van der Waals surface area contributed by atoms with Crippen molar-refractivity contribution in [2.24, 2.45) is 28.1 Å². The Morgan fingerprint density at radius 1 is 1.03 bits per heavy atom. The van der Waals surface area contributed by atoms with Crippen LogP contribution in [-0.4, -0.2) is 13.4 Å². The highest BCUT2D eigenvalue weighted by molar-refractivity contribution is 5.31. The number of benzene rings is 1. The summed E-state index contributed by atoms with van der Waals surface area (Å²) in [5.41, 5.74) is 3.42. The number of ether oxygens (including phenoxy) is 2. The second-order valence-corrected chi connectivity index (χ2v) is 13.1. The molecule has 0 spiro atoms. The zero-order chi connectivity index (χ0) is 23.0. The molecule has 0 aliphatic heterocycles. The first-order chi connectivity index (χ1) is 14.3. The van der Waals surface area contributed by atoms with E-state index in [1.807, 2.05) is 0 Å². The minimum Gasteiger partial charge on any atom is -0.464 e. The molecule has 1 aromatic rings. The molecular formula is C29H46O2. The molecule has 3 aliphatic rings. The highest BCUT2D eigenvalue weighted by atomic mass is 16.7. The molecule has 2 nitrogen and oxygen atoms in total. The van der Waals surface area contributed by atoms with Gasteiger partial charge in [0.1, 0.15) is 5.75 Å². The summed E-state index contributed by atoms with van der Waals surface area (Å²) in [5, 5.41) is 0. The fourth-order valence-electron chi connectivity index (χ4n) is 5.95. The largest absolute Gasteiger partial charge is 0.464 e. The summed E-state index contributed by atoms with van der Waals surface area (Å²) in [4.78, 5) is 0. The Hall–Kier alpha value is -1.28. The zero-order valence-electron chi connectivity index (χ0n) is 21.5. The molecule has 1 aromatic carbocycles. The van der Waals surface area contributed by atoms with Gasteiger partial charge in [-0.15, -0.1) is 0 Å². The van der Waals surface area contributed by atoms with Gasteiger partial charge in [-0.3, -0.25) is 0 Å². The van der Waals surface area contributed by atoms with E-state index in [0.29, 0.717) is 17.3 Å². The third-order valence-corrected chi connectivity index (χ3v) is 7.30. The number of rotatable bonds is 6. The Bertz CT molecular complexity index is 753. The van der Waals surface area contributed by atoms with Gasteiger partial charge in [-0.1, -0.05) is 79.2 Å². The normalized spacial score (nSPS) is 28.6. The van der Waals surface area contributed by atoms with E-state index in [9.17, 15) is 0 Å². The Kier molecular flexibility index (Phi) is 7.02. The summed E-state index contributed by atoms with van der Waals surface area (Å²) in [5.74, 6) is 3.02. The number of methoxy groups -OCH3 is 1. The summed E-state index contributed by atoms with van der Waals surface area (Å²) in [6.45, 7) is 18.8. The summed E-state index contributed by atoms with van der Waals surface area (Å²) in [6, 6.07) is 8.82. The van der Waals surface area contributed by atoms with Gasteiger partial charge < -0.3 is 9.47 Å². The zero-order valence-corrected chi connectivity index (χ0v) is 21.5. The Morgan fingerprint density at radius 2 is 1.65 bits per heavy atom. The van der Waals surface area contributed by atoms with Crippen LogP contribution in [0.25, 0.3) is 0 Å². The SMILES string of the molecule is COC(Oc1ccc(C(CC(C)(C)C)C(C)(C)C)cc1)C1(C)C=C2CC(C2)CC(C)C1. The maximum absolute atomic E-state index is 6.47. The number of hydrogen-bond donors (Lipinski definition) is 0. The molecule has 174 valence electrons. The van der Waals surface area contributed by atoms with Crippen molar-refractivity contribution in [3.63, 3.8) is 0 Å². The predicted octanol–water partition coefficient (Wildman–Crippen LogP) is 8.38. The lowest BCUT2D eigenvalue weighted by atomic mass is 9.65. The van der Waals surface area contributed by atoms with Gasteiger partial charge in [0, 0.05) is 12.5 Å². The van der Waals surface area contributed by atoms with Crippen LogP contribution in [0.2, 0.25) is 0 Å². The van der Waals surface area contributed by atoms with Gasteiger partial charge in [0.15, 0.2) is 0 Å². The van der Waals surface area contributed by atoms with Crippen LogP contribution >= 0.6 is 0 Å². The van der Waals surface area contributed by atoms with Gasteiger partial charge in [0.2, 0.25) is 6.29 Å². The van der Waals surface area contributed by atoms with Gasteiger partial charge in [-0.05, 0) is 78.4 Å². The molecule has 4 rings (SSSR count). The molecular weight excluding hydrogens is 380 g/mol. The third kappa shape index (κ3) is 6.15. The summed E-state index contributed by atoms with van der Waals surface area (Å²) in [6.07, 6.45) is 8.36. The first-order valence-electron chi connectivity index (χ1n) is 12.3. The van der Waals surface area contributed by atoms with E-state index in [1.54, 1.807) is 12.7 Å². The molecule has 1 fully saturated rings. The van der Waals surface area contributed by atoms with Gasteiger partial charge in [-0.25, -0.2) is 0 Å². The Morgan fingerprint density at radius 3 is 2.16 bits per heavy atom. The molecule has 0 radical (unpaired) electrons. The molecule has 0 amide bonds. The van der Waals surface area contributed by atoms with Crippen molar-refractivity contribution in [2.75, 3.05) is 7.11 Å². The lowest BCUT2D eigenvalue weighted by Crippen LogP contribution is -2.41. The topological polar surface area (TPSA) is 18.5 Å². The third-order valence-electron chi connectivity index (χ3n) is 7.30. The second kappa shape index (κ2) is 8.93. The molecule has 4 unspecified atom stereocenters. The minimum absolute atomic E-state index is 0.0895. The fraction of sp³-hybridized carbons (Fsp3) is 0.724. The molecule has 2 heteroatoms. The van der Waals surface area contributed by atoms with Gasteiger partial charge in [0.05, 0.1) is 0 Å². The van der Waals surface area contributed by atoms with Crippen LogP contribution in [0.3, 0.4) is 0 Å². The van der Waals surface area contributed by atoms with Crippen molar-refractivity contribution in [1.82, 2.24) is 0 Å². The molecule has 31 heavy (non-hydrogen) atoms. The van der Waals surface area contributed by atoms with Crippen molar-refractivity contribution in [1.29, 1.82) is 0 Å². The molecule has 0 heterocycles. The van der Waals surface area contributed by atoms with E-state index in [-0.39, 0.29) is 17.1 Å². The standard InChI is InChI=1S/C29H46O2/c1-20-14-21-15-22(16-21)18-29(8,17-20)26(30-9)31-24-12-10-23(11-13-24)25(28(5,6)7)19-27(2,3)4/h10-13,18,20-21,25-26H,14-17,19H2,1-9H3. The average Bonchev–Trinajstić information content (AvgIpc) is 2.59. The number of allylic oxidation sites excluding steroid dienone is 1. The van der Waals surface area contributed by atoms with Gasteiger partial charge in [-0.2, -0.15) is 0 Å². The quantitative estimate of drug-likeness (QED) is 0.336. The van der Waals surface area contributed by atoms with Crippen LogP contribution < -0.4 is 4.74 Å². The van der Waals surface area contributed by atoms with Crippen LogP contribution in [0.15, 0.2) is 35.9 Å². The van der Waals surface area contributed by atoms with Crippen LogP contribution in [-0.2, 0) is 4.74 Å². The number of hydrogen-bond acceptors (Lipinski definition) is 2. The lowest BCUT2D eigenvalue weighted by Gasteiger charge is -2.43. The van der Waals surface area contributed by atoms with Crippen molar-refractivity contribution in [2.45, 2.75) is 99.7 Å². The van der Waals surface area contributed by atoms with E-state index in [2.05, 4.69) is 85.7 Å². The highest BCUT2D eigenvalue weighted by Crippen LogP contribution is 2.48. The molecule has 0 aromatic heterocycles. The maximum atomic E-state index is 6.47. The molecule has 2 bridgehead atoms. The fourth-order valence-corrected chi connectivity index (χ4v) is 5.95. The minimum atomic E-state index is -0.265. The lowest BCUT2D eigenvalue weighted by molar-refractivity contribution is -0.124. The Balaban J connectivity index is 1.78. The summed E-state index contributed by atoms with van der Waals surface area (Å²) < 4.78 is 12.4. The van der Waals surface area contributed by atoms with E-state index in [4.69, 9.17) is 9.47 Å². The smallest absolute Gasteiger partial charge is 0.208 e. The molecule has 0 N–H and O–H groups in total. The molecule has 1 saturated carbocycles. The van der Waals surface area contributed by atoms with Gasteiger partial charge >= 0.3 is 0 Å². The highest BCUT2D eigenvalue weighted by Gasteiger charge is 2.41. The van der Waals surface area contributed by atoms with E-state index >= 15 is 0 Å². The average molecular weight is 427 g/mol. The van der Waals surface area contributed by atoms with Crippen molar-refractivity contribution in [3.05, 3.63) is 41.5 Å². The van der Waals surface area contributed by atoms with E-state index < -0.39 is 0 Å². The van der Waals surface area contributed by atoms with Crippen LogP contribution in [0.5, 0.6) is 5.75 Å². The van der Waals surface area contributed by atoms with Crippen molar-refractivity contribution in [3.8, 4) is 5.75 Å². The first-order valence-corrected chi connectivity index (χ1v) is 12.3. The summed E-state index contributed by atoms with van der Waals surface area (Å²) >= 11 is 0. The van der Waals surface area contributed by atoms with Gasteiger partial charge in [0.25, 0.3) is 0 Å². The number of fused-ring (bicyclic) bond motifs is 4. The van der Waals surface area contributed by atoms with Crippen LogP contribution in [0.1, 0.15) is 99.0 Å². The molecule has 3 aliphatic carbocycles. The van der Waals surface area contributed by atoms with Crippen molar-refractivity contribution >= 4 is 0 Å². The maximum Gasteiger partial charge on any atom is 0.208 e. The molecule has 0 saturated heterocycles. The first kappa shape index (κ1) is 24.4. The summed E-state index contributed by atoms with van der Waals surface area (Å²) in [7, 11) is 1.79. The molecule has 4 atom stereocenters. The van der Waals surface area contributed by atoms with E-state index in [1.165, 1.54) is 31.2 Å². The monoisotopic (exact) mass is 426 g/mol. The second-order valence-electron chi connectivity index (χ2n) is 13.1. The van der Waals surface area contributed by atoms with E-state index in [0.717, 1.165) is 18.1 Å². The van der Waals surface area contributed by atoms with Crippen LogP contribution in [0.4, 0.5) is 0 Å².